The van der Waals surface area contributed by atoms with Crippen molar-refractivity contribution in [3.05, 3.63) is 12.2 Å². The van der Waals surface area contributed by atoms with E-state index in [1.165, 1.54) is 10.9 Å². The van der Waals surface area contributed by atoms with Gasteiger partial charge in [-0.1, -0.05) is 19.8 Å². The van der Waals surface area contributed by atoms with Gasteiger partial charge in [0.25, 0.3) is 5.91 Å². The minimum absolute atomic E-state index is 0.107. The van der Waals surface area contributed by atoms with Gasteiger partial charge in [-0.3, -0.25) is 9.36 Å². The minimum atomic E-state index is -1.43. The summed E-state index contributed by atoms with van der Waals surface area (Å²) in [6.07, 6.45) is -1.28. The molecule has 41 heavy (non-hydrogen) atoms. The first-order valence-electron chi connectivity index (χ1n) is 14.2. The molecule has 2 unspecified atom stereocenters. The van der Waals surface area contributed by atoms with Crippen LogP contribution in [0.15, 0.2) is 6.33 Å². The summed E-state index contributed by atoms with van der Waals surface area (Å²) in [7, 11) is 0. The lowest BCUT2D eigenvalue weighted by molar-refractivity contribution is -0.137. The maximum absolute atomic E-state index is 12.3. The third-order valence-electron chi connectivity index (χ3n) is 7.19. The fraction of sp³-hybridized carbons (Fsp3) is 0.667. The van der Waals surface area contributed by atoms with Crippen LogP contribution in [0.25, 0.3) is 11.2 Å². The number of aromatic nitrogens is 4. The number of imidazole rings is 1. The van der Waals surface area contributed by atoms with Crippen LogP contribution in [0.4, 0.5) is 10.6 Å². The summed E-state index contributed by atoms with van der Waals surface area (Å²) in [5.74, 6) is 6.14. The van der Waals surface area contributed by atoms with Crippen LogP contribution in [0, 0.1) is 17.8 Å². The van der Waals surface area contributed by atoms with Crippen molar-refractivity contribution in [2.45, 2.75) is 77.1 Å². The van der Waals surface area contributed by atoms with Crippen molar-refractivity contribution in [3.63, 3.8) is 0 Å². The summed E-state index contributed by atoms with van der Waals surface area (Å²) < 4.78 is 17.8. The molecule has 5 N–H and O–H groups in total. The van der Waals surface area contributed by atoms with E-state index in [4.69, 9.17) is 19.9 Å². The minimum Gasteiger partial charge on any atom is -0.444 e. The van der Waals surface area contributed by atoms with Gasteiger partial charge in [0.1, 0.15) is 23.8 Å². The lowest BCUT2D eigenvalue weighted by Gasteiger charge is -2.31. The smallest absolute Gasteiger partial charge is 0.410 e. The number of aliphatic hydroxyl groups is 2. The summed E-state index contributed by atoms with van der Waals surface area (Å²) in [5.41, 5.74) is 6.64. The van der Waals surface area contributed by atoms with Gasteiger partial charge in [0.15, 0.2) is 23.8 Å². The highest BCUT2D eigenvalue weighted by molar-refractivity contribution is 5.83. The van der Waals surface area contributed by atoms with Gasteiger partial charge in [-0.25, -0.2) is 19.7 Å². The second-order valence-corrected chi connectivity index (χ2v) is 9.89. The topological polar surface area (TPSA) is 187 Å². The van der Waals surface area contributed by atoms with Gasteiger partial charge in [-0.2, -0.15) is 0 Å². The number of carbonyl (C=O) groups is 2. The molecule has 0 radical (unpaired) electrons. The van der Waals surface area contributed by atoms with E-state index in [1.54, 1.807) is 11.8 Å². The quantitative estimate of drug-likeness (QED) is 0.366. The third-order valence-corrected chi connectivity index (χ3v) is 7.19. The Morgan fingerprint density at radius 3 is 2.63 bits per heavy atom. The Kier molecular flexibility index (Phi) is 10.3. The second kappa shape index (κ2) is 13.9. The predicted molar refractivity (Wildman–Crippen MR) is 147 cm³/mol. The molecule has 2 aromatic heterocycles. The van der Waals surface area contributed by atoms with Crippen molar-refractivity contribution in [1.29, 1.82) is 0 Å². The Hall–Kier alpha value is -3.51. The zero-order valence-electron chi connectivity index (χ0n) is 23.7. The number of hydrogen-bond acceptors (Lipinski definition) is 11. The van der Waals surface area contributed by atoms with Crippen molar-refractivity contribution >= 4 is 29.0 Å². The summed E-state index contributed by atoms with van der Waals surface area (Å²) in [6.45, 7) is 8.41. The first kappa shape index (κ1) is 30.4. The van der Waals surface area contributed by atoms with Crippen molar-refractivity contribution < 1.29 is 34.0 Å². The van der Waals surface area contributed by atoms with Gasteiger partial charge >= 0.3 is 6.09 Å². The normalized spacial score (nSPS) is 26.2. The number of nitrogen functional groups attached to an aromatic ring is 1. The summed E-state index contributed by atoms with van der Waals surface area (Å²) in [5, 5.41) is 23.5. The Bertz CT molecular complexity index is 1260. The number of fused-ring (bicyclic) bond motifs is 1. The molecule has 2 aromatic rings. The maximum Gasteiger partial charge on any atom is 0.410 e. The molecular formula is C27H39N7O7. The fourth-order valence-corrected chi connectivity index (χ4v) is 4.98. The van der Waals surface area contributed by atoms with E-state index in [2.05, 4.69) is 32.1 Å². The van der Waals surface area contributed by atoms with Crippen molar-refractivity contribution in [2.24, 2.45) is 5.92 Å². The standard InChI is InChI=1S/C25H33N7O7.C2H6/c1-2-27-23(35)20-18(33)19(34)24(39-20)32-13-28-17-21(26)29-16(30-22(17)32)5-3-4-14-6-9-31(10-7-14)25(36)38-15-8-11-37-12-15;1-2/h13-15,18-20,24,33-34H,2,4,6-12H2,1H3,(H,27,35)(H2,26,29,30);1-2H3/t15?,18?,19-,20-,24+;/m0./s1. The highest BCUT2D eigenvalue weighted by Gasteiger charge is 2.47. The highest BCUT2D eigenvalue weighted by Crippen LogP contribution is 2.32. The molecule has 3 fully saturated rings. The number of likely N-dealkylation sites (tertiary alicyclic amines) is 1. The molecule has 0 saturated carbocycles. The van der Waals surface area contributed by atoms with Gasteiger partial charge in [-0.15, -0.1) is 0 Å². The van der Waals surface area contributed by atoms with Crippen LogP contribution in [-0.2, 0) is 19.0 Å². The zero-order chi connectivity index (χ0) is 29.5. The Labute approximate surface area is 238 Å². The molecule has 0 aromatic carbocycles. The number of ether oxygens (including phenoxy) is 3. The van der Waals surface area contributed by atoms with Crippen LogP contribution in [0.5, 0.6) is 0 Å². The van der Waals surface area contributed by atoms with E-state index in [-0.39, 0.29) is 35.0 Å². The molecule has 5 atom stereocenters. The maximum atomic E-state index is 12.3. The average molecular weight is 574 g/mol. The molecule has 2 amide bonds. The highest BCUT2D eigenvalue weighted by atomic mass is 16.6. The van der Waals surface area contributed by atoms with Gasteiger partial charge in [0, 0.05) is 32.5 Å². The molecule has 5 heterocycles. The summed E-state index contributed by atoms with van der Waals surface area (Å²) in [4.78, 5) is 39.2. The average Bonchev–Trinajstić information content (AvgIpc) is 3.71. The largest absolute Gasteiger partial charge is 0.444 e. The van der Waals surface area contributed by atoms with Crippen LogP contribution in [0.1, 0.15) is 58.5 Å². The predicted octanol–water partition coefficient (Wildman–Crippen LogP) is 0.569. The molecule has 14 nitrogen and oxygen atoms in total. The Balaban J connectivity index is 0.00000189. The van der Waals surface area contributed by atoms with E-state index in [0.29, 0.717) is 45.2 Å². The number of hydrogen-bond donors (Lipinski definition) is 4. The lowest BCUT2D eigenvalue weighted by atomic mass is 9.94. The molecule has 14 heteroatoms. The zero-order valence-corrected chi connectivity index (χ0v) is 23.7. The van der Waals surface area contributed by atoms with E-state index in [9.17, 15) is 19.8 Å². The molecule has 0 spiro atoms. The molecule has 5 rings (SSSR count). The molecule has 3 aliphatic rings. The first-order valence-corrected chi connectivity index (χ1v) is 14.2. The SMILES string of the molecule is CC.CCNC(=O)[C@H]1O[C@@H](n2cnc3c(N)nc(C#CCC4CCN(C(=O)OC5CCOC5)CC4)nc32)[C@@H](O)C1O. The number of nitrogens with two attached hydrogens (primary N) is 1. The van der Waals surface area contributed by atoms with Gasteiger partial charge in [-0.05, 0) is 31.6 Å². The Morgan fingerprint density at radius 2 is 1.95 bits per heavy atom. The first-order chi connectivity index (χ1) is 19.9. The van der Waals surface area contributed by atoms with Gasteiger partial charge < -0.3 is 40.4 Å². The molecule has 3 aliphatic heterocycles. The summed E-state index contributed by atoms with van der Waals surface area (Å²) in [6, 6.07) is 0. The number of amides is 2. The number of nitrogens with zero attached hydrogens (tertiary/aromatic N) is 5. The van der Waals surface area contributed by atoms with Crippen LogP contribution in [0.2, 0.25) is 0 Å². The van der Waals surface area contributed by atoms with Crippen molar-refractivity contribution in [1.82, 2.24) is 29.7 Å². The molecular weight excluding hydrogens is 534 g/mol. The van der Waals surface area contributed by atoms with E-state index in [1.807, 2.05) is 13.8 Å². The number of carbonyl (C=O) groups excluding carboxylic acids is 2. The van der Waals surface area contributed by atoms with E-state index >= 15 is 0 Å². The van der Waals surface area contributed by atoms with E-state index in [0.717, 1.165) is 19.3 Å². The monoisotopic (exact) mass is 573 g/mol. The third kappa shape index (κ3) is 6.87. The molecule has 3 saturated heterocycles. The Morgan fingerprint density at radius 1 is 1.20 bits per heavy atom. The van der Waals surface area contributed by atoms with Crippen LogP contribution in [0.3, 0.4) is 0 Å². The van der Waals surface area contributed by atoms with Crippen LogP contribution < -0.4 is 11.1 Å². The van der Waals surface area contributed by atoms with E-state index < -0.39 is 30.4 Å². The molecule has 224 valence electrons. The number of likely N-dealkylation sites (N-methyl/N-ethyl adjacent to an activating group) is 1. The van der Waals surface area contributed by atoms with Gasteiger partial charge in [0.05, 0.1) is 19.5 Å². The number of rotatable bonds is 5. The van der Waals surface area contributed by atoms with Crippen LogP contribution in [-0.4, -0.2) is 104 Å². The van der Waals surface area contributed by atoms with Crippen molar-refractivity contribution in [2.75, 3.05) is 38.6 Å². The number of aliphatic hydroxyl groups excluding tert-OH is 2. The number of nitrogens with one attached hydrogen (secondary N) is 1. The lowest BCUT2D eigenvalue weighted by Crippen LogP contribution is -2.42. The second-order valence-electron chi connectivity index (χ2n) is 9.89. The number of anilines is 1. The van der Waals surface area contributed by atoms with Crippen molar-refractivity contribution in [3.8, 4) is 11.8 Å². The number of piperidine rings is 1. The summed E-state index contributed by atoms with van der Waals surface area (Å²) >= 11 is 0. The molecule has 0 bridgehead atoms. The van der Waals surface area contributed by atoms with Crippen LogP contribution >= 0.6 is 0 Å². The van der Waals surface area contributed by atoms with Gasteiger partial charge in [0.2, 0.25) is 5.82 Å². The fourth-order valence-electron chi connectivity index (χ4n) is 4.98. The molecule has 0 aliphatic carbocycles.